The molecule has 0 aliphatic heterocycles. The van der Waals surface area contributed by atoms with Gasteiger partial charge in [0.05, 0.1) is 12.2 Å². The van der Waals surface area contributed by atoms with Gasteiger partial charge in [0.2, 0.25) is 0 Å². The highest BCUT2D eigenvalue weighted by atomic mass is 19.1. The number of nitrogens with one attached hydrogen (secondary N) is 1. The highest BCUT2D eigenvalue weighted by Crippen LogP contribution is 2.12. The molecule has 1 aromatic carbocycles. The average Bonchev–Trinajstić information content (AvgIpc) is 2.22. The Morgan fingerprint density at radius 3 is 2.87 bits per heavy atom. The third kappa shape index (κ3) is 3.32. The van der Waals surface area contributed by atoms with Crippen molar-refractivity contribution >= 4 is 11.5 Å². The van der Waals surface area contributed by atoms with Crippen molar-refractivity contribution in [2.45, 2.75) is 13.3 Å². The van der Waals surface area contributed by atoms with Crippen molar-refractivity contribution in [3.05, 3.63) is 29.6 Å². The van der Waals surface area contributed by atoms with Gasteiger partial charge in [-0.2, -0.15) is 0 Å². The van der Waals surface area contributed by atoms with Gasteiger partial charge in [-0.1, -0.05) is 6.92 Å². The summed E-state index contributed by atoms with van der Waals surface area (Å²) >= 11 is 0. The molecule has 0 saturated carbocycles. The second-order valence-corrected chi connectivity index (χ2v) is 3.34. The van der Waals surface area contributed by atoms with E-state index >= 15 is 0 Å². The Kier molecular flexibility index (Phi) is 4.24. The number of ketones is 1. The van der Waals surface area contributed by atoms with Crippen molar-refractivity contribution in [3.63, 3.8) is 0 Å². The number of anilines is 1. The van der Waals surface area contributed by atoms with Crippen LogP contribution >= 0.6 is 0 Å². The number of Topliss-reactive ketones (excluding diaryl/α,β-unsaturated/α-hetero) is 1. The van der Waals surface area contributed by atoms with Crippen molar-refractivity contribution in [2.75, 3.05) is 18.8 Å². The standard InChI is InChI=1S/C11H15FN2O/c1-2-5-14-7-11(15)8-3-4-9(12)10(13)6-8/h3-4,6,14H,2,5,7,13H2,1H3. The summed E-state index contributed by atoms with van der Waals surface area (Å²) in [7, 11) is 0. The Morgan fingerprint density at radius 1 is 1.53 bits per heavy atom. The molecular formula is C11H15FN2O. The molecule has 0 fully saturated rings. The Morgan fingerprint density at radius 2 is 2.27 bits per heavy atom. The van der Waals surface area contributed by atoms with Gasteiger partial charge in [0.15, 0.2) is 5.78 Å². The summed E-state index contributed by atoms with van der Waals surface area (Å²) in [6.45, 7) is 3.08. The molecule has 0 radical (unpaired) electrons. The van der Waals surface area contributed by atoms with Crippen LogP contribution in [-0.4, -0.2) is 18.9 Å². The lowest BCUT2D eigenvalue weighted by molar-refractivity contribution is 0.0991. The first-order chi connectivity index (χ1) is 7.15. The molecule has 0 aromatic heterocycles. The molecule has 0 heterocycles. The molecule has 0 saturated heterocycles. The van der Waals surface area contributed by atoms with Crippen LogP contribution in [0.3, 0.4) is 0 Å². The first-order valence-electron chi connectivity index (χ1n) is 4.94. The van der Waals surface area contributed by atoms with Gasteiger partial charge in [0.1, 0.15) is 5.82 Å². The zero-order valence-corrected chi connectivity index (χ0v) is 8.72. The van der Waals surface area contributed by atoms with Crippen LogP contribution in [0.15, 0.2) is 18.2 Å². The first kappa shape index (κ1) is 11.7. The Hall–Kier alpha value is -1.42. The molecule has 0 aliphatic rings. The second kappa shape index (κ2) is 5.46. The predicted octanol–water partition coefficient (Wildman–Crippen LogP) is 1.59. The molecule has 0 atom stereocenters. The summed E-state index contributed by atoms with van der Waals surface area (Å²) < 4.78 is 12.8. The van der Waals surface area contributed by atoms with Crippen molar-refractivity contribution < 1.29 is 9.18 Å². The van der Waals surface area contributed by atoms with E-state index in [9.17, 15) is 9.18 Å². The van der Waals surface area contributed by atoms with Crippen molar-refractivity contribution in [3.8, 4) is 0 Å². The van der Waals surface area contributed by atoms with Crippen LogP contribution < -0.4 is 11.1 Å². The molecule has 3 N–H and O–H groups in total. The monoisotopic (exact) mass is 210 g/mol. The molecular weight excluding hydrogens is 195 g/mol. The van der Waals surface area contributed by atoms with Crippen LogP contribution in [0.2, 0.25) is 0 Å². The van der Waals surface area contributed by atoms with E-state index in [-0.39, 0.29) is 18.0 Å². The molecule has 0 bridgehead atoms. The van der Waals surface area contributed by atoms with Crippen LogP contribution in [0.5, 0.6) is 0 Å². The Balaban J connectivity index is 2.62. The van der Waals surface area contributed by atoms with E-state index in [1.807, 2.05) is 6.92 Å². The van der Waals surface area contributed by atoms with Gasteiger partial charge in [-0.05, 0) is 31.2 Å². The summed E-state index contributed by atoms with van der Waals surface area (Å²) in [5, 5.41) is 2.98. The minimum atomic E-state index is -0.493. The average molecular weight is 210 g/mol. The Labute approximate surface area is 88.5 Å². The molecule has 0 amide bonds. The summed E-state index contributed by atoms with van der Waals surface area (Å²) in [5.74, 6) is -0.566. The van der Waals surface area contributed by atoms with Crippen LogP contribution in [0.25, 0.3) is 0 Å². The fourth-order valence-corrected chi connectivity index (χ4v) is 1.20. The number of benzene rings is 1. The van der Waals surface area contributed by atoms with E-state index in [1.165, 1.54) is 18.2 Å². The minimum absolute atomic E-state index is 0.0105. The smallest absolute Gasteiger partial charge is 0.176 e. The van der Waals surface area contributed by atoms with E-state index < -0.39 is 5.82 Å². The number of carbonyl (C=O) groups is 1. The van der Waals surface area contributed by atoms with Gasteiger partial charge >= 0.3 is 0 Å². The van der Waals surface area contributed by atoms with Crippen LogP contribution in [0.1, 0.15) is 23.7 Å². The molecule has 15 heavy (non-hydrogen) atoms. The quantitative estimate of drug-likeness (QED) is 0.441. The Bertz CT molecular complexity index is 352. The van der Waals surface area contributed by atoms with E-state index in [4.69, 9.17) is 5.73 Å². The largest absolute Gasteiger partial charge is 0.396 e. The molecule has 4 heteroatoms. The third-order valence-corrected chi connectivity index (χ3v) is 2.03. The molecule has 3 nitrogen and oxygen atoms in total. The van der Waals surface area contributed by atoms with Crippen molar-refractivity contribution in [1.82, 2.24) is 5.32 Å². The summed E-state index contributed by atoms with van der Waals surface area (Å²) in [6.07, 6.45) is 0.971. The maximum absolute atomic E-state index is 12.8. The number of hydrogen-bond acceptors (Lipinski definition) is 3. The van der Waals surface area contributed by atoms with Gasteiger partial charge in [0.25, 0.3) is 0 Å². The lowest BCUT2D eigenvalue weighted by Gasteiger charge is -2.04. The van der Waals surface area contributed by atoms with Gasteiger partial charge < -0.3 is 11.1 Å². The molecule has 0 unspecified atom stereocenters. The predicted molar refractivity (Wildman–Crippen MR) is 58.3 cm³/mol. The number of halogens is 1. The highest BCUT2D eigenvalue weighted by Gasteiger charge is 2.07. The van der Waals surface area contributed by atoms with Gasteiger partial charge in [0, 0.05) is 5.56 Å². The molecule has 1 aromatic rings. The normalized spacial score (nSPS) is 10.3. The molecule has 82 valence electrons. The van der Waals surface area contributed by atoms with Crippen LogP contribution in [-0.2, 0) is 0 Å². The van der Waals surface area contributed by atoms with E-state index in [1.54, 1.807) is 0 Å². The van der Waals surface area contributed by atoms with E-state index in [0.717, 1.165) is 13.0 Å². The van der Waals surface area contributed by atoms with Gasteiger partial charge in [-0.15, -0.1) is 0 Å². The molecule has 0 spiro atoms. The zero-order chi connectivity index (χ0) is 11.3. The van der Waals surface area contributed by atoms with Crippen molar-refractivity contribution in [1.29, 1.82) is 0 Å². The number of nitrogen functional groups attached to an aromatic ring is 1. The number of rotatable bonds is 5. The van der Waals surface area contributed by atoms with Crippen molar-refractivity contribution in [2.24, 2.45) is 0 Å². The highest BCUT2D eigenvalue weighted by molar-refractivity contribution is 5.98. The number of hydrogen-bond donors (Lipinski definition) is 2. The van der Waals surface area contributed by atoms with E-state index in [0.29, 0.717) is 5.56 Å². The summed E-state index contributed by atoms with van der Waals surface area (Å²) in [4.78, 5) is 11.5. The summed E-state index contributed by atoms with van der Waals surface area (Å²) in [6, 6.07) is 4.02. The van der Waals surface area contributed by atoms with Crippen LogP contribution in [0, 0.1) is 5.82 Å². The first-order valence-corrected chi connectivity index (χ1v) is 4.94. The zero-order valence-electron chi connectivity index (χ0n) is 8.72. The van der Waals surface area contributed by atoms with Gasteiger partial charge in [-0.25, -0.2) is 4.39 Å². The van der Waals surface area contributed by atoms with E-state index in [2.05, 4.69) is 5.32 Å². The maximum Gasteiger partial charge on any atom is 0.176 e. The fraction of sp³-hybridized carbons (Fsp3) is 0.364. The third-order valence-electron chi connectivity index (χ3n) is 2.03. The number of carbonyl (C=O) groups excluding carboxylic acids is 1. The minimum Gasteiger partial charge on any atom is -0.396 e. The maximum atomic E-state index is 12.8. The molecule has 0 aliphatic carbocycles. The molecule has 1 rings (SSSR count). The lowest BCUT2D eigenvalue weighted by Crippen LogP contribution is -2.23. The topological polar surface area (TPSA) is 55.1 Å². The second-order valence-electron chi connectivity index (χ2n) is 3.34. The number of nitrogens with two attached hydrogens (primary N) is 1. The summed E-state index contributed by atoms with van der Waals surface area (Å²) in [5.41, 5.74) is 5.82. The van der Waals surface area contributed by atoms with Crippen LogP contribution in [0.4, 0.5) is 10.1 Å². The fourth-order valence-electron chi connectivity index (χ4n) is 1.20. The lowest BCUT2D eigenvalue weighted by atomic mass is 10.1. The van der Waals surface area contributed by atoms with Gasteiger partial charge in [-0.3, -0.25) is 4.79 Å². The SMILES string of the molecule is CCCNCC(=O)c1ccc(F)c(N)c1.